The largest absolute Gasteiger partial charge is 0.497 e. The summed E-state index contributed by atoms with van der Waals surface area (Å²) < 4.78 is 25.9. The highest BCUT2D eigenvalue weighted by Gasteiger charge is 2.29. The van der Waals surface area contributed by atoms with Crippen LogP contribution in [0.3, 0.4) is 0 Å². The molecule has 0 amide bonds. The molecule has 1 aromatic heterocycles. The summed E-state index contributed by atoms with van der Waals surface area (Å²) in [6.07, 6.45) is 2.83. The van der Waals surface area contributed by atoms with E-state index >= 15 is 4.39 Å². The van der Waals surface area contributed by atoms with Gasteiger partial charge in [0.25, 0.3) is 0 Å². The Morgan fingerprint density at radius 2 is 1.86 bits per heavy atom. The van der Waals surface area contributed by atoms with Crippen molar-refractivity contribution >= 4 is 22.7 Å². The second-order valence-electron chi connectivity index (χ2n) is 9.14. The molecule has 0 unspecified atom stereocenters. The van der Waals surface area contributed by atoms with Gasteiger partial charge in [0.05, 0.1) is 19.7 Å². The average molecular weight is 499 g/mol. The molecular weight excluding hydrogens is 463 g/mol. The summed E-state index contributed by atoms with van der Waals surface area (Å²) in [6.45, 7) is 3.00. The van der Waals surface area contributed by atoms with Crippen molar-refractivity contribution in [2.24, 2.45) is 11.8 Å². The molecule has 1 N–H and O–H groups in total. The van der Waals surface area contributed by atoms with Crippen molar-refractivity contribution in [1.82, 2.24) is 9.88 Å². The van der Waals surface area contributed by atoms with Gasteiger partial charge >= 0.3 is 0 Å². The van der Waals surface area contributed by atoms with E-state index in [2.05, 4.69) is 22.0 Å². The third-order valence-corrected chi connectivity index (χ3v) is 8.05. The highest BCUT2D eigenvalue weighted by molar-refractivity contribution is 7.99. The molecule has 5 nitrogen and oxygen atoms in total. The van der Waals surface area contributed by atoms with Crippen molar-refractivity contribution < 1.29 is 19.0 Å². The molecule has 0 bridgehead atoms. The Kier molecular flexibility index (Phi) is 9.24. The Morgan fingerprint density at radius 3 is 2.60 bits per heavy atom. The Bertz CT molecular complexity index is 1080. The molecule has 3 aromatic rings. The SMILES string of the molecule is COc1ccc(SCCN2CC[C@@H](CC[C@H](F)c3ccnc4ccc(OC)cc34)[C@@H](CO)C2)cc1. The maximum atomic E-state index is 15.4. The maximum absolute atomic E-state index is 15.4. The molecule has 1 saturated heterocycles. The molecule has 7 heteroatoms. The van der Waals surface area contributed by atoms with E-state index in [1.165, 1.54) is 4.90 Å². The van der Waals surface area contributed by atoms with Crippen LogP contribution in [0.5, 0.6) is 11.5 Å². The lowest BCUT2D eigenvalue weighted by atomic mass is 9.81. The monoisotopic (exact) mass is 498 g/mol. The van der Waals surface area contributed by atoms with Crippen LogP contribution in [0.1, 0.15) is 31.0 Å². The van der Waals surface area contributed by atoms with Crippen molar-refractivity contribution in [3.05, 3.63) is 60.3 Å². The van der Waals surface area contributed by atoms with Crippen LogP contribution in [0.25, 0.3) is 10.9 Å². The first-order valence-electron chi connectivity index (χ1n) is 12.3. The number of piperidine rings is 1. The van der Waals surface area contributed by atoms with Crippen molar-refractivity contribution in [3.63, 3.8) is 0 Å². The van der Waals surface area contributed by atoms with Gasteiger partial charge in [0.15, 0.2) is 0 Å². The number of pyridine rings is 1. The van der Waals surface area contributed by atoms with Gasteiger partial charge in [0.2, 0.25) is 0 Å². The van der Waals surface area contributed by atoms with Crippen LogP contribution in [-0.4, -0.2) is 61.2 Å². The number of rotatable bonds is 11. The van der Waals surface area contributed by atoms with Gasteiger partial charge in [-0.2, -0.15) is 0 Å². The number of aliphatic hydroxyl groups is 1. The first-order chi connectivity index (χ1) is 17.1. The number of ether oxygens (including phenoxy) is 2. The summed E-state index contributed by atoms with van der Waals surface area (Å²) in [5, 5.41) is 10.9. The fourth-order valence-electron chi connectivity index (χ4n) is 4.97. The van der Waals surface area contributed by atoms with Crippen molar-refractivity contribution in [2.45, 2.75) is 30.3 Å². The average Bonchev–Trinajstić information content (AvgIpc) is 2.91. The second kappa shape index (κ2) is 12.6. The number of hydrogen-bond donors (Lipinski definition) is 1. The normalized spacial score (nSPS) is 19.5. The van der Waals surface area contributed by atoms with Crippen LogP contribution in [0.4, 0.5) is 4.39 Å². The van der Waals surface area contributed by atoms with Crippen LogP contribution < -0.4 is 9.47 Å². The fourth-order valence-corrected chi connectivity index (χ4v) is 5.89. The number of likely N-dealkylation sites (tertiary alicyclic amines) is 1. The number of hydrogen-bond acceptors (Lipinski definition) is 6. The van der Waals surface area contributed by atoms with Crippen molar-refractivity contribution in [1.29, 1.82) is 0 Å². The molecule has 0 radical (unpaired) electrons. The van der Waals surface area contributed by atoms with Crippen LogP contribution in [0.15, 0.2) is 59.6 Å². The molecule has 1 fully saturated rings. The highest BCUT2D eigenvalue weighted by atomic mass is 32.2. The summed E-state index contributed by atoms with van der Waals surface area (Å²) >= 11 is 1.83. The van der Waals surface area contributed by atoms with Gasteiger partial charge in [-0.05, 0) is 91.7 Å². The Morgan fingerprint density at radius 1 is 1.09 bits per heavy atom. The summed E-state index contributed by atoms with van der Waals surface area (Å²) in [6, 6.07) is 15.5. The summed E-state index contributed by atoms with van der Waals surface area (Å²) in [5.41, 5.74) is 1.45. The smallest absolute Gasteiger partial charge is 0.126 e. The molecule has 1 aliphatic rings. The molecule has 0 aliphatic carbocycles. The van der Waals surface area contributed by atoms with Crippen molar-refractivity contribution in [2.75, 3.05) is 46.2 Å². The summed E-state index contributed by atoms with van der Waals surface area (Å²) in [5.74, 6) is 3.11. The zero-order valence-electron chi connectivity index (χ0n) is 20.5. The van der Waals surface area contributed by atoms with Crippen LogP contribution in [0.2, 0.25) is 0 Å². The molecule has 2 heterocycles. The molecule has 188 valence electrons. The van der Waals surface area contributed by atoms with E-state index in [1.54, 1.807) is 26.5 Å². The quantitative estimate of drug-likeness (QED) is 0.339. The van der Waals surface area contributed by atoms with E-state index in [4.69, 9.17) is 9.47 Å². The number of aromatic nitrogens is 1. The number of fused-ring (bicyclic) bond motifs is 1. The third kappa shape index (κ3) is 6.66. The van der Waals surface area contributed by atoms with E-state index in [1.807, 2.05) is 42.1 Å². The minimum absolute atomic E-state index is 0.152. The van der Waals surface area contributed by atoms with E-state index < -0.39 is 6.17 Å². The number of benzene rings is 2. The standard InChI is InChI=1S/C28H35FN2O3S/c1-33-22-4-7-24(8-5-22)35-16-15-31-14-12-20(21(18-31)19-32)3-9-27(29)25-11-13-30-28-10-6-23(34-2)17-26(25)28/h4-8,10-11,13,17,20-21,27,32H,3,9,12,14-16,18-19H2,1-2H3/t20-,21-,27+/m1/s1. The zero-order valence-corrected chi connectivity index (χ0v) is 21.3. The number of aliphatic hydroxyl groups excluding tert-OH is 1. The lowest BCUT2D eigenvalue weighted by Crippen LogP contribution is -2.43. The van der Waals surface area contributed by atoms with Gasteiger partial charge in [-0.1, -0.05) is 0 Å². The topological polar surface area (TPSA) is 54.8 Å². The van der Waals surface area contributed by atoms with Gasteiger partial charge in [-0.25, -0.2) is 4.39 Å². The van der Waals surface area contributed by atoms with Gasteiger partial charge in [-0.15, -0.1) is 11.8 Å². The van der Waals surface area contributed by atoms with E-state index in [0.717, 1.165) is 54.9 Å². The molecule has 1 aliphatic heterocycles. The number of methoxy groups -OCH3 is 2. The highest BCUT2D eigenvalue weighted by Crippen LogP contribution is 2.35. The maximum Gasteiger partial charge on any atom is 0.126 e. The predicted molar refractivity (Wildman–Crippen MR) is 140 cm³/mol. The minimum Gasteiger partial charge on any atom is -0.497 e. The number of nitrogens with zero attached hydrogens (tertiary/aromatic N) is 2. The second-order valence-corrected chi connectivity index (χ2v) is 10.3. The van der Waals surface area contributed by atoms with Crippen LogP contribution in [0, 0.1) is 11.8 Å². The Labute approximate surface area is 211 Å². The first-order valence-corrected chi connectivity index (χ1v) is 13.3. The van der Waals surface area contributed by atoms with Crippen molar-refractivity contribution in [3.8, 4) is 11.5 Å². The molecule has 3 atom stereocenters. The molecular formula is C28H35FN2O3S. The molecule has 0 saturated carbocycles. The van der Waals surface area contributed by atoms with Gasteiger partial charge in [0.1, 0.15) is 17.7 Å². The molecule has 2 aromatic carbocycles. The lowest BCUT2D eigenvalue weighted by Gasteiger charge is -2.38. The Hall–Kier alpha value is -2.35. The third-order valence-electron chi connectivity index (χ3n) is 7.06. The van der Waals surface area contributed by atoms with E-state index in [9.17, 15) is 5.11 Å². The lowest BCUT2D eigenvalue weighted by molar-refractivity contribution is 0.0672. The number of alkyl halides is 1. The first kappa shape index (κ1) is 25.7. The van der Waals surface area contributed by atoms with E-state index in [0.29, 0.717) is 23.7 Å². The summed E-state index contributed by atoms with van der Waals surface area (Å²) in [4.78, 5) is 8.03. The predicted octanol–water partition coefficient (Wildman–Crippen LogP) is 5.77. The van der Waals surface area contributed by atoms with Gasteiger partial charge in [0, 0.05) is 41.9 Å². The molecule has 0 spiro atoms. The fraction of sp³-hybridized carbons (Fsp3) is 0.464. The molecule has 35 heavy (non-hydrogen) atoms. The number of halogens is 1. The van der Waals surface area contributed by atoms with Crippen LogP contribution >= 0.6 is 11.8 Å². The Balaban J connectivity index is 1.28. The number of thioether (sulfide) groups is 1. The van der Waals surface area contributed by atoms with E-state index in [-0.39, 0.29) is 12.5 Å². The van der Waals surface area contributed by atoms with Gasteiger partial charge in [-0.3, -0.25) is 4.98 Å². The minimum atomic E-state index is -1.06. The zero-order chi connectivity index (χ0) is 24.6. The summed E-state index contributed by atoms with van der Waals surface area (Å²) in [7, 11) is 3.29. The van der Waals surface area contributed by atoms with Gasteiger partial charge < -0.3 is 19.5 Å². The van der Waals surface area contributed by atoms with Crippen LogP contribution in [-0.2, 0) is 0 Å². The molecule has 4 rings (SSSR count).